The zero-order valence-electron chi connectivity index (χ0n) is 14.9. The number of carbonyl (C=O) groups is 2. The van der Waals surface area contributed by atoms with Crippen LogP contribution in [-0.2, 0) is 9.59 Å². The summed E-state index contributed by atoms with van der Waals surface area (Å²) in [5.41, 5.74) is 1.53. The van der Waals surface area contributed by atoms with Crippen LogP contribution in [0.15, 0.2) is 42.5 Å². The van der Waals surface area contributed by atoms with Gasteiger partial charge in [0.05, 0.1) is 18.2 Å². The molecule has 2 fully saturated rings. The summed E-state index contributed by atoms with van der Waals surface area (Å²) in [5.74, 6) is -0.447. The summed E-state index contributed by atoms with van der Waals surface area (Å²) >= 11 is 18.0. The van der Waals surface area contributed by atoms with Crippen LogP contribution in [0.4, 0.5) is 11.4 Å². The average Bonchev–Trinajstić information content (AvgIpc) is 2.96. The molecule has 0 saturated carbocycles. The number of hydrogen-bond acceptors (Lipinski definition) is 4. The van der Waals surface area contributed by atoms with E-state index in [2.05, 4.69) is 9.80 Å². The number of imide groups is 1. The van der Waals surface area contributed by atoms with Crippen molar-refractivity contribution in [3.8, 4) is 0 Å². The Morgan fingerprint density at radius 2 is 1.36 bits per heavy atom. The predicted molar refractivity (Wildman–Crippen MR) is 113 cm³/mol. The molecule has 0 radical (unpaired) electrons. The fraction of sp³-hybridized carbons (Fsp3) is 0.300. The third-order valence-corrected chi connectivity index (χ3v) is 5.86. The lowest BCUT2D eigenvalue weighted by Crippen LogP contribution is -2.52. The third-order valence-electron chi connectivity index (χ3n) is 5.18. The Balaban J connectivity index is 1.45. The number of anilines is 2. The van der Waals surface area contributed by atoms with Crippen molar-refractivity contribution >= 4 is 58.0 Å². The van der Waals surface area contributed by atoms with Gasteiger partial charge in [0.1, 0.15) is 0 Å². The minimum absolute atomic E-state index is 0.171. The van der Waals surface area contributed by atoms with Crippen LogP contribution >= 0.6 is 34.8 Å². The molecule has 2 saturated heterocycles. The van der Waals surface area contributed by atoms with E-state index >= 15 is 0 Å². The van der Waals surface area contributed by atoms with Gasteiger partial charge in [0.2, 0.25) is 5.91 Å². The van der Waals surface area contributed by atoms with E-state index in [1.54, 1.807) is 18.2 Å². The van der Waals surface area contributed by atoms with Gasteiger partial charge in [0.15, 0.2) is 0 Å². The van der Waals surface area contributed by atoms with Crippen LogP contribution in [0.5, 0.6) is 0 Å². The lowest BCUT2D eigenvalue weighted by atomic mass is 10.1. The van der Waals surface area contributed by atoms with Crippen LogP contribution in [0.3, 0.4) is 0 Å². The highest BCUT2D eigenvalue weighted by Crippen LogP contribution is 2.31. The van der Waals surface area contributed by atoms with Crippen molar-refractivity contribution in [1.29, 1.82) is 0 Å². The first-order chi connectivity index (χ1) is 13.4. The molecule has 0 spiro atoms. The van der Waals surface area contributed by atoms with Gasteiger partial charge in [0, 0.05) is 46.9 Å². The van der Waals surface area contributed by atoms with Crippen molar-refractivity contribution in [2.45, 2.75) is 12.5 Å². The molecule has 0 N–H and O–H groups in total. The number of rotatable bonds is 3. The summed E-state index contributed by atoms with van der Waals surface area (Å²) < 4.78 is 0. The summed E-state index contributed by atoms with van der Waals surface area (Å²) in [7, 11) is 0. The molecule has 2 heterocycles. The van der Waals surface area contributed by atoms with Gasteiger partial charge in [-0.15, -0.1) is 0 Å². The molecule has 146 valence electrons. The van der Waals surface area contributed by atoms with Crippen LogP contribution in [0.25, 0.3) is 0 Å². The van der Waals surface area contributed by atoms with Crippen LogP contribution < -0.4 is 9.80 Å². The number of nitrogens with zero attached hydrogens (tertiary/aromatic N) is 3. The maximum Gasteiger partial charge on any atom is 0.251 e. The van der Waals surface area contributed by atoms with Crippen LogP contribution in [0, 0.1) is 0 Å². The van der Waals surface area contributed by atoms with Crippen molar-refractivity contribution < 1.29 is 9.59 Å². The second-order valence-electron chi connectivity index (χ2n) is 6.91. The quantitative estimate of drug-likeness (QED) is 0.677. The molecule has 4 rings (SSSR count). The van der Waals surface area contributed by atoms with E-state index in [9.17, 15) is 9.59 Å². The largest absolute Gasteiger partial charge is 0.369 e. The average molecular weight is 439 g/mol. The number of piperazine rings is 1. The van der Waals surface area contributed by atoms with E-state index in [1.165, 1.54) is 4.90 Å². The molecule has 28 heavy (non-hydrogen) atoms. The molecular weight excluding hydrogens is 421 g/mol. The number of hydrogen-bond donors (Lipinski definition) is 0. The highest BCUT2D eigenvalue weighted by molar-refractivity contribution is 6.35. The first kappa shape index (κ1) is 19.5. The molecule has 5 nitrogen and oxygen atoms in total. The minimum Gasteiger partial charge on any atom is -0.369 e. The van der Waals surface area contributed by atoms with Gasteiger partial charge < -0.3 is 4.90 Å². The van der Waals surface area contributed by atoms with Gasteiger partial charge in [-0.05, 0) is 42.5 Å². The predicted octanol–water partition coefficient (Wildman–Crippen LogP) is 4.10. The summed E-state index contributed by atoms with van der Waals surface area (Å²) in [6.07, 6.45) is 0.171. The van der Waals surface area contributed by atoms with Crippen molar-refractivity contribution in [3.05, 3.63) is 57.5 Å². The first-order valence-corrected chi connectivity index (χ1v) is 10.1. The molecule has 2 aromatic rings. The zero-order chi connectivity index (χ0) is 19.8. The SMILES string of the molecule is O=C1C[C@@H](N2CCN(c3ccc(Cl)cc3)CC2)C(=O)N1c1cc(Cl)cc(Cl)c1. The highest BCUT2D eigenvalue weighted by atomic mass is 35.5. The van der Waals surface area contributed by atoms with Crippen molar-refractivity contribution in [3.63, 3.8) is 0 Å². The van der Waals surface area contributed by atoms with E-state index in [4.69, 9.17) is 34.8 Å². The monoisotopic (exact) mass is 437 g/mol. The summed E-state index contributed by atoms with van der Waals surface area (Å²) in [5, 5.41) is 1.49. The number of carbonyl (C=O) groups excluding carboxylic acids is 2. The van der Waals surface area contributed by atoms with Crippen LogP contribution in [-0.4, -0.2) is 48.9 Å². The standard InChI is InChI=1S/C20H18Cl3N3O2/c21-13-1-3-16(4-2-13)24-5-7-25(8-6-24)18-12-19(27)26(20(18)28)17-10-14(22)9-15(23)11-17/h1-4,9-11,18H,5-8,12H2/t18-/m1/s1. The molecule has 2 aliphatic rings. The molecular formula is C20H18Cl3N3O2. The Hall–Kier alpha value is -1.79. The van der Waals surface area contributed by atoms with E-state index in [0.717, 1.165) is 18.8 Å². The molecule has 0 aromatic heterocycles. The Bertz CT molecular complexity index is 891. The minimum atomic E-state index is -0.447. The van der Waals surface area contributed by atoms with E-state index < -0.39 is 6.04 Å². The van der Waals surface area contributed by atoms with E-state index in [1.807, 2.05) is 24.3 Å². The second-order valence-corrected chi connectivity index (χ2v) is 8.22. The van der Waals surface area contributed by atoms with Gasteiger partial charge >= 0.3 is 0 Å². The fourth-order valence-corrected chi connectivity index (χ4v) is 4.43. The molecule has 2 aliphatic heterocycles. The summed E-state index contributed by atoms with van der Waals surface area (Å²) in [4.78, 5) is 31.1. The number of benzene rings is 2. The fourth-order valence-electron chi connectivity index (χ4n) is 3.78. The van der Waals surface area contributed by atoms with Crippen LogP contribution in [0.1, 0.15) is 6.42 Å². The zero-order valence-corrected chi connectivity index (χ0v) is 17.2. The van der Waals surface area contributed by atoms with Gasteiger partial charge in [-0.2, -0.15) is 0 Å². The maximum atomic E-state index is 13.0. The third kappa shape index (κ3) is 3.85. The molecule has 8 heteroatoms. The Labute approximate surface area is 178 Å². The van der Waals surface area contributed by atoms with E-state index in [-0.39, 0.29) is 18.2 Å². The summed E-state index contributed by atoms with van der Waals surface area (Å²) in [6.45, 7) is 2.97. The maximum absolute atomic E-state index is 13.0. The highest BCUT2D eigenvalue weighted by Gasteiger charge is 2.43. The van der Waals surface area contributed by atoms with Gasteiger partial charge in [-0.3, -0.25) is 14.5 Å². The Morgan fingerprint density at radius 1 is 0.750 bits per heavy atom. The summed E-state index contributed by atoms with van der Waals surface area (Å²) in [6, 6.07) is 12.0. The topological polar surface area (TPSA) is 43.9 Å². The van der Waals surface area contributed by atoms with E-state index in [0.29, 0.717) is 33.8 Å². The molecule has 1 atom stereocenters. The van der Waals surface area contributed by atoms with Crippen molar-refractivity contribution in [1.82, 2.24) is 4.90 Å². The normalized spacial score (nSPS) is 20.9. The van der Waals surface area contributed by atoms with Crippen molar-refractivity contribution in [2.24, 2.45) is 0 Å². The molecule has 0 unspecified atom stereocenters. The lowest BCUT2D eigenvalue weighted by molar-refractivity contribution is -0.123. The molecule has 0 bridgehead atoms. The molecule has 2 aromatic carbocycles. The lowest BCUT2D eigenvalue weighted by Gasteiger charge is -2.38. The Morgan fingerprint density at radius 3 is 1.96 bits per heavy atom. The van der Waals surface area contributed by atoms with Gasteiger partial charge in [-0.1, -0.05) is 34.8 Å². The molecule has 0 aliphatic carbocycles. The second kappa shape index (κ2) is 7.91. The number of halogens is 3. The smallest absolute Gasteiger partial charge is 0.251 e. The van der Waals surface area contributed by atoms with Gasteiger partial charge in [0.25, 0.3) is 5.91 Å². The van der Waals surface area contributed by atoms with Gasteiger partial charge in [-0.25, -0.2) is 4.90 Å². The van der Waals surface area contributed by atoms with Crippen LogP contribution in [0.2, 0.25) is 15.1 Å². The first-order valence-electron chi connectivity index (χ1n) is 9.00. The van der Waals surface area contributed by atoms with Crippen molar-refractivity contribution in [2.75, 3.05) is 36.0 Å². The Kier molecular flexibility index (Phi) is 5.52. The number of amides is 2. The molecule has 2 amide bonds.